The minimum Gasteiger partial charge on any atom is -0.334 e. The van der Waals surface area contributed by atoms with Crippen LogP contribution in [0.5, 0.6) is 0 Å². The summed E-state index contributed by atoms with van der Waals surface area (Å²) in [5.74, 6) is 0.530. The van der Waals surface area contributed by atoms with Crippen LogP contribution in [0, 0.1) is 5.92 Å². The maximum absolute atomic E-state index is 12.6. The van der Waals surface area contributed by atoms with Crippen LogP contribution in [0.3, 0.4) is 0 Å². The molecule has 1 aliphatic rings. The van der Waals surface area contributed by atoms with E-state index < -0.39 is 0 Å². The normalized spacial score (nSPS) is 23.5. The van der Waals surface area contributed by atoms with Crippen molar-refractivity contribution >= 4 is 29.1 Å². The Kier molecular flexibility index (Phi) is 4.71. The van der Waals surface area contributed by atoms with Crippen LogP contribution in [-0.2, 0) is 0 Å². The first kappa shape index (κ1) is 14.6. The van der Waals surface area contributed by atoms with Gasteiger partial charge in [0, 0.05) is 24.2 Å². The van der Waals surface area contributed by atoms with E-state index in [9.17, 15) is 4.79 Å². The van der Waals surface area contributed by atoms with Crippen molar-refractivity contribution in [1.82, 2.24) is 4.90 Å². The molecule has 104 valence electrons. The Balaban J connectivity index is 2.25. The van der Waals surface area contributed by atoms with Crippen molar-refractivity contribution in [2.45, 2.75) is 25.8 Å². The highest BCUT2D eigenvalue weighted by molar-refractivity contribution is 6.35. The molecule has 19 heavy (non-hydrogen) atoms. The van der Waals surface area contributed by atoms with Crippen molar-refractivity contribution in [3.05, 3.63) is 33.8 Å². The van der Waals surface area contributed by atoms with E-state index in [-0.39, 0.29) is 11.9 Å². The fourth-order valence-electron chi connectivity index (χ4n) is 2.56. The van der Waals surface area contributed by atoms with Crippen LogP contribution in [-0.4, -0.2) is 29.9 Å². The molecule has 1 aliphatic heterocycles. The molecule has 0 bridgehead atoms. The van der Waals surface area contributed by atoms with E-state index in [0.29, 0.717) is 28.1 Å². The van der Waals surface area contributed by atoms with Crippen LogP contribution >= 0.6 is 23.2 Å². The van der Waals surface area contributed by atoms with Crippen LogP contribution in [0.2, 0.25) is 10.0 Å². The van der Waals surface area contributed by atoms with E-state index >= 15 is 0 Å². The number of likely N-dealkylation sites (tertiary alicyclic amines) is 1. The van der Waals surface area contributed by atoms with Crippen molar-refractivity contribution in [1.29, 1.82) is 0 Å². The summed E-state index contributed by atoms with van der Waals surface area (Å²) in [7, 11) is 0. The minimum absolute atomic E-state index is 0.0742. The second-order valence-corrected chi connectivity index (χ2v) is 5.99. The number of hydrogen-bond donors (Lipinski definition) is 1. The molecule has 2 unspecified atom stereocenters. The van der Waals surface area contributed by atoms with Gasteiger partial charge in [0.05, 0.1) is 10.6 Å². The second kappa shape index (κ2) is 6.12. The molecule has 5 heteroatoms. The third-order valence-electron chi connectivity index (χ3n) is 3.67. The van der Waals surface area contributed by atoms with Gasteiger partial charge in [-0.25, -0.2) is 0 Å². The zero-order valence-electron chi connectivity index (χ0n) is 10.9. The van der Waals surface area contributed by atoms with Gasteiger partial charge in [-0.15, -0.1) is 0 Å². The molecule has 0 spiro atoms. The van der Waals surface area contributed by atoms with Crippen LogP contribution in [0.15, 0.2) is 18.2 Å². The highest BCUT2D eigenvalue weighted by atomic mass is 35.5. The molecule has 1 fully saturated rings. The first-order chi connectivity index (χ1) is 9.02. The van der Waals surface area contributed by atoms with Crippen molar-refractivity contribution in [2.75, 3.05) is 13.1 Å². The number of carbonyl (C=O) groups excluding carboxylic acids is 1. The predicted molar refractivity (Wildman–Crippen MR) is 78.7 cm³/mol. The number of nitrogens with zero attached hydrogens (tertiary/aromatic N) is 1. The number of benzene rings is 1. The van der Waals surface area contributed by atoms with Gasteiger partial charge in [-0.3, -0.25) is 4.79 Å². The summed E-state index contributed by atoms with van der Waals surface area (Å²) in [5, 5.41) is 0.950. The Morgan fingerprint density at radius 3 is 2.89 bits per heavy atom. The smallest absolute Gasteiger partial charge is 0.255 e. The molecule has 3 nitrogen and oxygen atoms in total. The third-order valence-corrected chi connectivity index (χ3v) is 4.23. The molecule has 1 aromatic rings. The Labute approximate surface area is 123 Å². The van der Waals surface area contributed by atoms with Gasteiger partial charge in [-0.2, -0.15) is 0 Å². The van der Waals surface area contributed by atoms with Gasteiger partial charge in [-0.1, -0.05) is 30.1 Å². The maximum atomic E-state index is 12.6. The zero-order chi connectivity index (χ0) is 14.0. The summed E-state index contributed by atoms with van der Waals surface area (Å²) in [6, 6.07) is 5.05. The second-order valence-electron chi connectivity index (χ2n) is 5.14. The van der Waals surface area contributed by atoms with Crippen molar-refractivity contribution in [3.8, 4) is 0 Å². The van der Waals surface area contributed by atoms with Gasteiger partial charge in [-0.05, 0) is 37.0 Å². The molecule has 2 N–H and O–H groups in total. The lowest BCUT2D eigenvalue weighted by Gasteiger charge is -2.38. The topological polar surface area (TPSA) is 46.3 Å². The number of halogens is 2. The van der Waals surface area contributed by atoms with Crippen molar-refractivity contribution in [2.24, 2.45) is 11.7 Å². The monoisotopic (exact) mass is 300 g/mol. The van der Waals surface area contributed by atoms with Gasteiger partial charge >= 0.3 is 0 Å². The molecule has 2 atom stereocenters. The zero-order valence-corrected chi connectivity index (χ0v) is 12.4. The molecular formula is C14H18Cl2N2O. The van der Waals surface area contributed by atoms with E-state index in [1.807, 2.05) is 4.90 Å². The molecule has 0 saturated carbocycles. The molecular weight excluding hydrogens is 283 g/mol. The molecule has 1 amide bonds. The standard InChI is InChI=1S/C14H18Cl2N2O/c1-9-4-5-18(11(6-9)8-17)14(19)12-7-10(15)2-3-13(12)16/h2-3,7,9,11H,4-6,8,17H2,1H3. The summed E-state index contributed by atoms with van der Waals surface area (Å²) >= 11 is 12.0. The van der Waals surface area contributed by atoms with E-state index in [2.05, 4.69) is 6.92 Å². The summed E-state index contributed by atoms with van der Waals surface area (Å²) < 4.78 is 0. The van der Waals surface area contributed by atoms with Crippen LogP contribution in [0.25, 0.3) is 0 Å². The van der Waals surface area contributed by atoms with Crippen LogP contribution in [0.4, 0.5) is 0 Å². The molecule has 0 radical (unpaired) electrons. The van der Waals surface area contributed by atoms with Gasteiger partial charge < -0.3 is 10.6 Å². The fourth-order valence-corrected chi connectivity index (χ4v) is 2.93. The van der Waals surface area contributed by atoms with E-state index in [0.717, 1.165) is 19.4 Å². The van der Waals surface area contributed by atoms with Gasteiger partial charge in [0.2, 0.25) is 0 Å². The molecule has 0 aromatic heterocycles. The van der Waals surface area contributed by atoms with Crippen LogP contribution < -0.4 is 5.73 Å². The quantitative estimate of drug-likeness (QED) is 0.912. The van der Waals surface area contributed by atoms with Crippen molar-refractivity contribution in [3.63, 3.8) is 0 Å². The predicted octanol–water partition coefficient (Wildman–Crippen LogP) is 3.19. The Morgan fingerprint density at radius 1 is 1.47 bits per heavy atom. The summed E-state index contributed by atoms with van der Waals surface area (Å²) in [6.45, 7) is 3.40. The average Bonchev–Trinajstić information content (AvgIpc) is 2.40. The summed E-state index contributed by atoms with van der Waals surface area (Å²) in [4.78, 5) is 14.4. The Morgan fingerprint density at radius 2 is 2.21 bits per heavy atom. The van der Waals surface area contributed by atoms with Crippen LogP contribution in [0.1, 0.15) is 30.1 Å². The average molecular weight is 301 g/mol. The number of hydrogen-bond acceptors (Lipinski definition) is 2. The lowest BCUT2D eigenvalue weighted by atomic mass is 9.92. The Bertz CT molecular complexity index is 479. The lowest BCUT2D eigenvalue weighted by molar-refractivity contribution is 0.0574. The first-order valence-electron chi connectivity index (χ1n) is 6.49. The van der Waals surface area contributed by atoms with Gasteiger partial charge in [0.15, 0.2) is 0 Å². The summed E-state index contributed by atoms with van der Waals surface area (Å²) in [6.07, 6.45) is 1.95. The number of amides is 1. The van der Waals surface area contributed by atoms with Crippen molar-refractivity contribution < 1.29 is 4.79 Å². The number of piperidine rings is 1. The fraction of sp³-hybridized carbons (Fsp3) is 0.500. The molecule has 1 heterocycles. The molecule has 2 rings (SSSR count). The number of carbonyl (C=O) groups is 1. The van der Waals surface area contributed by atoms with E-state index in [1.165, 1.54) is 0 Å². The third kappa shape index (κ3) is 3.22. The SMILES string of the molecule is CC1CCN(C(=O)c2cc(Cl)ccc2Cl)C(CN)C1. The Hall–Kier alpha value is -0.770. The van der Waals surface area contributed by atoms with E-state index in [4.69, 9.17) is 28.9 Å². The van der Waals surface area contributed by atoms with Gasteiger partial charge in [0.25, 0.3) is 5.91 Å². The van der Waals surface area contributed by atoms with Gasteiger partial charge in [0.1, 0.15) is 0 Å². The highest BCUT2D eigenvalue weighted by Crippen LogP contribution is 2.27. The molecule has 1 saturated heterocycles. The first-order valence-corrected chi connectivity index (χ1v) is 7.24. The largest absolute Gasteiger partial charge is 0.334 e. The summed E-state index contributed by atoms with van der Waals surface area (Å²) in [5.41, 5.74) is 6.25. The number of nitrogens with two attached hydrogens (primary N) is 1. The van der Waals surface area contributed by atoms with E-state index in [1.54, 1.807) is 18.2 Å². The lowest BCUT2D eigenvalue weighted by Crippen LogP contribution is -2.49. The molecule has 0 aliphatic carbocycles. The highest BCUT2D eigenvalue weighted by Gasteiger charge is 2.30. The number of rotatable bonds is 2. The molecule has 1 aromatic carbocycles. The maximum Gasteiger partial charge on any atom is 0.255 e. The minimum atomic E-state index is -0.0742.